The predicted molar refractivity (Wildman–Crippen MR) is 101 cm³/mol. The van der Waals surface area contributed by atoms with Crippen molar-refractivity contribution in [3.8, 4) is 17.6 Å². The maximum atomic E-state index is 12.8. The van der Waals surface area contributed by atoms with Crippen LogP contribution in [0.5, 0.6) is 11.5 Å². The summed E-state index contributed by atoms with van der Waals surface area (Å²) in [5, 5.41) is 10.9. The standard InChI is InChI=1S/C22H15F2NO3/c1-27-17-7-4-6-15(11-17)21(26)16(13-25)12-19-18-8-3-2-5-14(18)9-10-20(19)28-22(23)24/h2-12,22H,1H3/b16-12+. The maximum absolute atomic E-state index is 12.8. The number of methoxy groups -OCH3 is 1. The Morgan fingerprint density at radius 2 is 1.89 bits per heavy atom. The number of nitrogens with zero attached hydrogens (tertiary/aromatic N) is 1. The van der Waals surface area contributed by atoms with E-state index in [1.807, 2.05) is 6.07 Å². The van der Waals surface area contributed by atoms with Gasteiger partial charge in [-0.15, -0.1) is 0 Å². The molecule has 0 radical (unpaired) electrons. The molecule has 3 aromatic carbocycles. The highest BCUT2D eigenvalue weighted by Gasteiger charge is 2.17. The number of benzene rings is 3. The molecule has 0 fully saturated rings. The number of hydrogen-bond donors (Lipinski definition) is 0. The van der Waals surface area contributed by atoms with Crippen molar-refractivity contribution in [1.82, 2.24) is 0 Å². The first-order chi connectivity index (χ1) is 13.5. The van der Waals surface area contributed by atoms with E-state index in [1.165, 1.54) is 25.3 Å². The van der Waals surface area contributed by atoms with Gasteiger partial charge >= 0.3 is 6.61 Å². The summed E-state index contributed by atoms with van der Waals surface area (Å²) < 4.78 is 35.4. The number of Topliss-reactive ketones (excluding diaryl/α,β-unsaturated/α-hetero) is 1. The van der Waals surface area contributed by atoms with Crippen molar-refractivity contribution in [2.75, 3.05) is 7.11 Å². The molecule has 0 aliphatic heterocycles. The van der Waals surface area contributed by atoms with Crippen molar-refractivity contribution in [3.63, 3.8) is 0 Å². The zero-order chi connectivity index (χ0) is 20.1. The van der Waals surface area contributed by atoms with E-state index >= 15 is 0 Å². The molecule has 0 aliphatic carbocycles. The molecule has 0 saturated heterocycles. The summed E-state index contributed by atoms with van der Waals surface area (Å²) in [7, 11) is 1.47. The van der Waals surface area contributed by atoms with Gasteiger partial charge in [-0.25, -0.2) is 0 Å². The molecule has 28 heavy (non-hydrogen) atoms. The van der Waals surface area contributed by atoms with Gasteiger partial charge in [-0.2, -0.15) is 14.0 Å². The summed E-state index contributed by atoms with van der Waals surface area (Å²) in [5.41, 5.74) is 0.290. The number of halogens is 2. The fourth-order valence-corrected chi connectivity index (χ4v) is 2.84. The molecular formula is C22H15F2NO3. The molecule has 3 aromatic rings. The average molecular weight is 379 g/mol. The van der Waals surface area contributed by atoms with Crippen LogP contribution in [-0.2, 0) is 0 Å². The van der Waals surface area contributed by atoms with Gasteiger partial charge in [0.05, 0.1) is 7.11 Å². The molecule has 0 amide bonds. The lowest BCUT2D eigenvalue weighted by Gasteiger charge is -2.12. The van der Waals surface area contributed by atoms with Gasteiger partial charge in [-0.05, 0) is 35.0 Å². The lowest BCUT2D eigenvalue weighted by molar-refractivity contribution is -0.0498. The Hall–Kier alpha value is -3.72. The average Bonchev–Trinajstić information content (AvgIpc) is 2.72. The number of carbonyl (C=O) groups is 1. The third-order valence-corrected chi connectivity index (χ3v) is 4.13. The van der Waals surface area contributed by atoms with Crippen LogP contribution in [0.3, 0.4) is 0 Å². The van der Waals surface area contributed by atoms with Gasteiger partial charge in [0.1, 0.15) is 23.1 Å². The Kier molecular flexibility index (Phi) is 5.66. The van der Waals surface area contributed by atoms with Crippen LogP contribution in [0, 0.1) is 11.3 Å². The Labute approximate surface area is 160 Å². The number of hydrogen-bond acceptors (Lipinski definition) is 4. The molecule has 0 aliphatic rings. The minimum Gasteiger partial charge on any atom is -0.497 e. The van der Waals surface area contributed by atoms with E-state index in [0.717, 1.165) is 5.39 Å². The summed E-state index contributed by atoms with van der Waals surface area (Å²) in [6.45, 7) is -3.03. The second-order valence-corrected chi connectivity index (χ2v) is 5.81. The van der Waals surface area contributed by atoms with Gasteiger partial charge in [0.15, 0.2) is 0 Å². The summed E-state index contributed by atoms with van der Waals surface area (Å²) >= 11 is 0. The normalized spacial score (nSPS) is 11.3. The number of rotatable bonds is 6. The number of nitriles is 1. The van der Waals surface area contributed by atoms with E-state index in [9.17, 15) is 18.8 Å². The first-order valence-corrected chi connectivity index (χ1v) is 8.30. The van der Waals surface area contributed by atoms with Crippen molar-refractivity contribution >= 4 is 22.6 Å². The van der Waals surface area contributed by atoms with Gasteiger partial charge < -0.3 is 9.47 Å². The molecule has 0 atom stereocenters. The highest BCUT2D eigenvalue weighted by molar-refractivity contribution is 6.15. The zero-order valence-corrected chi connectivity index (χ0v) is 14.9. The third kappa shape index (κ3) is 3.99. The summed E-state index contributed by atoms with van der Waals surface area (Å²) in [6, 6.07) is 18.3. The lowest BCUT2D eigenvalue weighted by atomic mass is 9.98. The highest BCUT2D eigenvalue weighted by atomic mass is 19.3. The number of carbonyl (C=O) groups excluding carboxylic acids is 1. The van der Waals surface area contributed by atoms with Crippen molar-refractivity contribution in [2.24, 2.45) is 0 Å². The van der Waals surface area contributed by atoms with E-state index in [-0.39, 0.29) is 22.4 Å². The van der Waals surface area contributed by atoms with Crippen molar-refractivity contribution in [2.45, 2.75) is 6.61 Å². The van der Waals surface area contributed by atoms with Crippen LogP contribution in [0.4, 0.5) is 8.78 Å². The number of fused-ring (bicyclic) bond motifs is 1. The Morgan fingerprint density at radius 3 is 2.61 bits per heavy atom. The lowest BCUT2D eigenvalue weighted by Crippen LogP contribution is -2.05. The van der Waals surface area contributed by atoms with Crippen LogP contribution in [-0.4, -0.2) is 19.5 Å². The van der Waals surface area contributed by atoms with Crippen LogP contribution in [0.2, 0.25) is 0 Å². The largest absolute Gasteiger partial charge is 0.497 e. The minimum atomic E-state index is -3.03. The number of ether oxygens (including phenoxy) is 2. The van der Waals surface area contributed by atoms with Crippen LogP contribution in [0.15, 0.2) is 66.2 Å². The van der Waals surface area contributed by atoms with Crippen molar-refractivity contribution in [3.05, 3.63) is 77.4 Å². The Bertz CT molecular complexity index is 1100. The van der Waals surface area contributed by atoms with Gasteiger partial charge in [0.25, 0.3) is 0 Å². The van der Waals surface area contributed by atoms with E-state index in [4.69, 9.17) is 4.74 Å². The van der Waals surface area contributed by atoms with Crippen LogP contribution < -0.4 is 9.47 Å². The molecule has 0 bridgehead atoms. The first-order valence-electron chi connectivity index (χ1n) is 8.30. The van der Waals surface area contributed by atoms with E-state index in [2.05, 4.69) is 4.74 Å². The number of alkyl halides is 2. The van der Waals surface area contributed by atoms with Crippen LogP contribution in [0.25, 0.3) is 16.8 Å². The Balaban J connectivity index is 2.14. The van der Waals surface area contributed by atoms with E-state index in [1.54, 1.807) is 48.5 Å². The molecule has 140 valence electrons. The molecular weight excluding hydrogens is 364 g/mol. The van der Waals surface area contributed by atoms with Crippen molar-refractivity contribution < 1.29 is 23.0 Å². The number of ketones is 1. The maximum Gasteiger partial charge on any atom is 0.387 e. The fourth-order valence-electron chi connectivity index (χ4n) is 2.84. The predicted octanol–water partition coefficient (Wildman–Crippen LogP) is 5.24. The Morgan fingerprint density at radius 1 is 1.11 bits per heavy atom. The monoisotopic (exact) mass is 379 g/mol. The molecule has 4 nitrogen and oxygen atoms in total. The van der Waals surface area contributed by atoms with Gasteiger partial charge in [0.2, 0.25) is 5.78 Å². The highest BCUT2D eigenvalue weighted by Crippen LogP contribution is 2.32. The first kappa shape index (κ1) is 19.1. The number of allylic oxidation sites excluding steroid dienone is 1. The topological polar surface area (TPSA) is 59.3 Å². The van der Waals surface area contributed by atoms with E-state index < -0.39 is 12.4 Å². The molecule has 0 saturated carbocycles. The quantitative estimate of drug-likeness (QED) is 0.334. The van der Waals surface area contributed by atoms with E-state index in [0.29, 0.717) is 11.1 Å². The van der Waals surface area contributed by atoms with Gasteiger partial charge in [-0.3, -0.25) is 4.79 Å². The second-order valence-electron chi connectivity index (χ2n) is 5.81. The summed E-state index contributed by atoms with van der Waals surface area (Å²) in [5.74, 6) is -0.188. The molecule has 3 rings (SSSR count). The smallest absolute Gasteiger partial charge is 0.387 e. The molecule has 0 aromatic heterocycles. The molecule has 0 heterocycles. The van der Waals surface area contributed by atoms with Crippen LogP contribution in [0.1, 0.15) is 15.9 Å². The zero-order valence-electron chi connectivity index (χ0n) is 14.9. The summed E-state index contributed by atoms with van der Waals surface area (Å²) in [4.78, 5) is 12.8. The SMILES string of the molecule is COc1cccc(C(=O)/C(C#N)=C/c2c(OC(F)F)ccc3ccccc23)c1. The second kappa shape index (κ2) is 8.31. The fraction of sp³-hybridized carbons (Fsp3) is 0.0909. The van der Waals surface area contributed by atoms with Gasteiger partial charge in [0, 0.05) is 11.1 Å². The molecule has 0 spiro atoms. The van der Waals surface area contributed by atoms with Crippen LogP contribution >= 0.6 is 0 Å². The van der Waals surface area contributed by atoms with Crippen molar-refractivity contribution in [1.29, 1.82) is 5.26 Å². The third-order valence-electron chi connectivity index (χ3n) is 4.13. The summed E-state index contributed by atoms with van der Waals surface area (Å²) in [6.07, 6.45) is 1.28. The van der Waals surface area contributed by atoms with Gasteiger partial charge in [-0.1, -0.05) is 42.5 Å². The molecule has 0 unspecified atom stereocenters. The molecule has 6 heteroatoms. The minimum absolute atomic E-state index is 0.111. The molecule has 0 N–H and O–H groups in total.